The van der Waals surface area contributed by atoms with E-state index in [0.717, 1.165) is 0 Å². The average Bonchev–Trinajstić information content (AvgIpc) is 2.68. The van der Waals surface area contributed by atoms with Crippen molar-refractivity contribution in [3.63, 3.8) is 0 Å². The van der Waals surface area contributed by atoms with Crippen molar-refractivity contribution >= 4 is 21.8 Å². The second-order valence-corrected chi connectivity index (χ2v) is 6.51. The molecule has 28 heavy (non-hydrogen) atoms. The molecule has 0 fully saturated rings. The minimum Gasteiger partial charge on any atom is -0.487 e. The summed E-state index contributed by atoms with van der Waals surface area (Å²) in [6.07, 6.45) is 1.42. The molecular weight excluding hydrogens is 434 g/mol. The standard InChI is InChI=1S/C20H15BrF2N2O3/c21-15-2-1-3-16(17(15)23)27-10-11-28-19-14(8-9-25-18(19)20(24)26)12-4-6-13(22)7-5-12/h1-9H,10-11H2,(H2,24,26). The van der Waals surface area contributed by atoms with Gasteiger partial charge in [0.1, 0.15) is 19.0 Å². The number of hydrogen-bond donors (Lipinski definition) is 1. The average molecular weight is 449 g/mol. The van der Waals surface area contributed by atoms with Crippen LogP contribution in [0, 0.1) is 11.6 Å². The Hall–Kier alpha value is -3.00. The van der Waals surface area contributed by atoms with Gasteiger partial charge >= 0.3 is 0 Å². The van der Waals surface area contributed by atoms with E-state index in [-0.39, 0.29) is 40.7 Å². The van der Waals surface area contributed by atoms with Gasteiger partial charge in [0.15, 0.2) is 23.0 Å². The highest BCUT2D eigenvalue weighted by molar-refractivity contribution is 9.10. The third-order valence-corrected chi connectivity index (χ3v) is 4.41. The Morgan fingerprint density at radius 1 is 1.04 bits per heavy atom. The molecule has 0 aliphatic carbocycles. The number of halogens is 3. The molecule has 0 aliphatic heterocycles. The zero-order chi connectivity index (χ0) is 20.1. The summed E-state index contributed by atoms with van der Waals surface area (Å²) in [5, 5.41) is 0. The van der Waals surface area contributed by atoms with E-state index in [1.54, 1.807) is 30.3 Å². The van der Waals surface area contributed by atoms with E-state index in [1.165, 1.54) is 24.4 Å². The summed E-state index contributed by atoms with van der Waals surface area (Å²) in [6, 6.07) is 12.0. The Bertz CT molecular complexity index is 997. The largest absolute Gasteiger partial charge is 0.487 e. The van der Waals surface area contributed by atoms with E-state index in [4.69, 9.17) is 15.2 Å². The lowest BCUT2D eigenvalue weighted by Crippen LogP contribution is -2.17. The van der Waals surface area contributed by atoms with Crippen LogP contribution in [-0.4, -0.2) is 24.1 Å². The van der Waals surface area contributed by atoms with Gasteiger partial charge in [0.05, 0.1) is 4.47 Å². The Morgan fingerprint density at radius 2 is 1.75 bits per heavy atom. The van der Waals surface area contributed by atoms with Crippen molar-refractivity contribution in [1.29, 1.82) is 0 Å². The van der Waals surface area contributed by atoms with Crippen LogP contribution in [0.4, 0.5) is 8.78 Å². The topological polar surface area (TPSA) is 74.4 Å². The summed E-state index contributed by atoms with van der Waals surface area (Å²) in [5.41, 5.74) is 6.48. The van der Waals surface area contributed by atoms with Crippen LogP contribution in [0.15, 0.2) is 59.2 Å². The van der Waals surface area contributed by atoms with Crippen molar-refractivity contribution in [1.82, 2.24) is 4.98 Å². The first-order valence-electron chi connectivity index (χ1n) is 8.21. The van der Waals surface area contributed by atoms with Crippen molar-refractivity contribution in [2.75, 3.05) is 13.2 Å². The van der Waals surface area contributed by atoms with Crippen LogP contribution in [-0.2, 0) is 0 Å². The summed E-state index contributed by atoms with van der Waals surface area (Å²) in [7, 11) is 0. The minimum atomic E-state index is -0.766. The number of aromatic nitrogens is 1. The van der Waals surface area contributed by atoms with Gasteiger partial charge in [-0.1, -0.05) is 18.2 Å². The van der Waals surface area contributed by atoms with Crippen LogP contribution in [0.2, 0.25) is 0 Å². The molecule has 0 saturated heterocycles. The second-order valence-electron chi connectivity index (χ2n) is 5.66. The summed E-state index contributed by atoms with van der Waals surface area (Å²) in [4.78, 5) is 15.7. The zero-order valence-corrected chi connectivity index (χ0v) is 16.1. The van der Waals surface area contributed by atoms with Crippen LogP contribution in [0.25, 0.3) is 11.1 Å². The van der Waals surface area contributed by atoms with Gasteiger partial charge in [-0.15, -0.1) is 0 Å². The van der Waals surface area contributed by atoms with Gasteiger partial charge in [-0.05, 0) is 51.8 Å². The van der Waals surface area contributed by atoms with Crippen molar-refractivity contribution < 1.29 is 23.0 Å². The van der Waals surface area contributed by atoms with Crippen LogP contribution < -0.4 is 15.2 Å². The molecule has 1 aromatic heterocycles. The van der Waals surface area contributed by atoms with Gasteiger partial charge < -0.3 is 15.2 Å². The highest BCUT2D eigenvalue weighted by Crippen LogP contribution is 2.32. The minimum absolute atomic E-state index is 0.00607. The van der Waals surface area contributed by atoms with E-state index < -0.39 is 11.7 Å². The van der Waals surface area contributed by atoms with Crippen molar-refractivity contribution in [2.45, 2.75) is 0 Å². The Balaban J connectivity index is 1.79. The molecule has 0 bridgehead atoms. The molecule has 0 unspecified atom stereocenters. The zero-order valence-electron chi connectivity index (χ0n) is 14.5. The number of nitrogens with two attached hydrogens (primary N) is 1. The van der Waals surface area contributed by atoms with Crippen molar-refractivity contribution in [3.8, 4) is 22.6 Å². The number of rotatable bonds is 7. The highest BCUT2D eigenvalue weighted by atomic mass is 79.9. The lowest BCUT2D eigenvalue weighted by atomic mass is 10.0. The van der Waals surface area contributed by atoms with Gasteiger partial charge in [0.2, 0.25) is 0 Å². The maximum absolute atomic E-state index is 13.9. The van der Waals surface area contributed by atoms with Crippen LogP contribution in [0.5, 0.6) is 11.5 Å². The van der Waals surface area contributed by atoms with Gasteiger partial charge in [0.25, 0.3) is 5.91 Å². The number of benzene rings is 2. The maximum atomic E-state index is 13.9. The monoisotopic (exact) mass is 448 g/mol. The molecule has 8 heteroatoms. The van der Waals surface area contributed by atoms with E-state index in [1.807, 2.05) is 0 Å². The Labute approximate surface area is 168 Å². The molecule has 0 spiro atoms. The summed E-state index contributed by atoms with van der Waals surface area (Å²) in [6.45, 7) is 0.0233. The number of pyridine rings is 1. The number of nitrogens with zero attached hydrogens (tertiary/aromatic N) is 1. The smallest absolute Gasteiger partial charge is 0.271 e. The van der Waals surface area contributed by atoms with E-state index >= 15 is 0 Å². The van der Waals surface area contributed by atoms with Crippen LogP contribution in [0.1, 0.15) is 10.5 Å². The quantitative estimate of drug-likeness (QED) is 0.545. The number of carbonyl (C=O) groups excluding carboxylic acids is 1. The molecule has 0 aliphatic rings. The molecule has 144 valence electrons. The molecule has 0 atom stereocenters. The van der Waals surface area contributed by atoms with Crippen LogP contribution in [0.3, 0.4) is 0 Å². The van der Waals surface area contributed by atoms with Crippen molar-refractivity contribution in [2.24, 2.45) is 5.73 Å². The molecule has 5 nitrogen and oxygen atoms in total. The summed E-state index contributed by atoms with van der Waals surface area (Å²) >= 11 is 3.09. The van der Waals surface area contributed by atoms with Gasteiger partial charge in [-0.2, -0.15) is 0 Å². The molecule has 3 rings (SSSR count). The Morgan fingerprint density at radius 3 is 2.46 bits per heavy atom. The fraction of sp³-hybridized carbons (Fsp3) is 0.100. The second kappa shape index (κ2) is 8.79. The summed E-state index contributed by atoms with van der Waals surface area (Å²) in [5.74, 6) is -1.45. The first-order chi connectivity index (χ1) is 13.5. The fourth-order valence-electron chi connectivity index (χ4n) is 2.52. The number of ether oxygens (including phenoxy) is 2. The number of primary amides is 1. The van der Waals surface area contributed by atoms with Crippen molar-refractivity contribution in [3.05, 3.63) is 76.5 Å². The summed E-state index contributed by atoms with van der Waals surface area (Å²) < 4.78 is 38.5. The predicted octanol–water partition coefficient (Wildman–Crippen LogP) is 4.35. The molecule has 0 saturated carbocycles. The molecule has 2 N–H and O–H groups in total. The number of carbonyl (C=O) groups is 1. The normalized spacial score (nSPS) is 10.5. The van der Waals surface area contributed by atoms with Crippen LogP contribution >= 0.6 is 15.9 Å². The third kappa shape index (κ3) is 4.45. The molecular formula is C20H15BrF2N2O3. The van der Waals surface area contributed by atoms with Gasteiger partial charge in [-0.3, -0.25) is 4.79 Å². The van der Waals surface area contributed by atoms with E-state index in [0.29, 0.717) is 11.1 Å². The molecule has 0 radical (unpaired) electrons. The molecule has 1 heterocycles. The van der Waals surface area contributed by atoms with Gasteiger partial charge in [-0.25, -0.2) is 13.8 Å². The lowest BCUT2D eigenvalue weighted by molar-refractivity contribution is 0.0990. The molecule has 2 aromatic carbocycles. The molecule has 1 amide bonds. The number of amides is 1. The lowest BCUT2D eigenvalue weighted by Gasteiger charge is -2.15. The van der Waals surface area contributed by atoms with E-state index in [9.17, 15) is 13.6 Å². The Kier molecular flexibility index (Phi) is 6.20. The van der Waals surface area contributed by atoms with Gasteiger partial charge in [0, 0.05) is 11.8 Å². The maximum Gasteiger partial charge on any atom is 0.271 e. The molecule has 3 aromatic rings. The third-order valence-electron chi connectivity index (χ3n) is 3.80. The predicted molar refractivity (Wildman–Crippen MR) is 103 cm³/mol. The SMILES string of the molecule is NC(=O)c1nccc(-c2ccc(F)cc2)c1OCCOc1cccc(Br)c1F. The fourth-order valence-corrected chi connectivity index (χ4v) is 2.87. The first kappa shape index (κ1) is 19.8. The number of hydrogen-bond acceptors (Lipinski definition) is 4. The highest BCUT2D eigenvalue weighted by Gasteiger charge is 2.17. The van der Waals surface area contributed by atoms with E-state index in [2.05, 4.69) is 20.9 Å². The first-order valence-corrected chi connectivity index (χ1v) is 9.01.